The zero-order chi connectivity index (χ0) is 19.1. The van der Waals surface area contributed by atoms with Gasteiger partial charge in [0.05, 0.1) is 6.10 Å². The molecule has 0 heterocycles. The SMILES string of the molecule is CCc1cccc(C)c1NC(=S)NC(=O)c1cccc(OC(C)CC)c1. The summed E-state index contributed by atoms with van der Waals surface area (Å²) in [4.78, 5) is 12.5. The average Bonchev–Trinajstić information content (AvgIpc) is 2.63. The molecule has 1 amide bonds. The summed E-state index contributed by atoms with van der Waals surface area (Å²) in [5.74, 6) is 0.418. The maximum atomic E-state index is 12.5. The second kappa shape index (κ2) is 9.34. The molecule has 0 bridgehead atoms. The predicted octanol–water partition coefficient (Wildman–Crippen LogP) is 4.86. The van der Waals surface area contributed by atoms with Crippen molar-refractivity contribution in [3.05, 3.63) is 59.2 Å². The Morgan fingerprint density at radius 1 is 1.19 bits per heavy atom. The summed E-state index contributed by atoms with van der Waals surface area (Å²) in [6.07, 6.45) is 1.89. The molecule has 2 aromatic carbocycles. The molecular weight excluding hydrogens is 344 g/mol. The van der Waals surface area contributed by atoms with E-state index in [9.17, 15) is 4.79 Å². The molecule has 4 nitrogen and oxygen atoms in total. The van der Waals surface area contributed by atoms with Crippen molar-refractivity contribution in [2.75, 3.05) is 5.32 Å². The third-order valence-electron chi connectivity index (χ3n) is 4.21. The molecule has 138 valence electrons. The molecule has 2 N–H and O–H groups in total. The summed E-state index contributed by atoms with van der Waals surface area (Å²) in [6, 6.07) is 13.2. The van der Waals surface area contributed by atoms with Gasteiger partial charge in [0, 0.05) is 11.3 Å². The number of amides is 1. The fourth-order valence-corrected chi connectivity index (χ4v) is 2.74. The van der Waals surface area contributed by atoms with Gasteiger partial charge in [0.1, 0.15) is 5.75 Å². The van der Waals surface area contributed by atoms with Crippen molar-refractivity contribution in [1.82, 2.24) is 5.32 Å². The number of hydrogen-bond donors (Lipinski definition) is 2. The van der Waals surface area contributed by atoms with Gasteiger partial charge in [0.2, 0.25) is 0 Å². The molecule has 0 aromatic heterocycles. The molecule has 26 heavy (non-hydrogen) atoms. The standard InChI is InChI=1S/C21H26N2O2S/c1-5-15(4)25-18-12-8-11-17(13-18)20(24)23-21(26)22-19-14(3)9-7-10-16(19)6-2/h7-13,15H,5-6H2,1-4H3,(H2,22,23,24,26). The molecule has 0 saturated carbocycles. The van der Waals surface area contributed by atoms with Gasteiger partial charge in [-0.25, -0.2) is 0 Å². The number of anilines is 1. The lowest BCUT2D eigenvalue weighted by Crippen LogP contribution is -2.34. The van der Waals surface area contributed by atoms with Crippen LogP contribution in [0.25, 0.3) is 0 Å². The third-order valence-corrected chi connectivity index (χ3v) is 4.42. The van der Waals surface area contributed by atoms with Gasteiger partial charge in [-0.05, 0) is 68.2 Å². The van der Waals surface area contributed by atoms with E-state index in [2.05, 4.69) is 30.5 Å². The molecular formula is C21H26N2O2S. The molecule has 0 fully saturated rings. The lowest BCUT2D eigenvalue weighted by Gasteiger charge is -2.16. The fraction of sp³-hybridized carbons (Fsp3) is 0.333. The minimum Gasteiger partial charge on any atom is -0.491 e. The first kappa shape index (κ1) is 19.9. The van der Waals surface area contributed by atoms with Crippen LogP contribution < -0.4 is 15.4 Å². The number of hydrogen-bond acceptors (Lipinski definition) is 3. The number of nitrogens with one attached hydrogen (secondary N) is 2. The van der Waals surface area contributed by atoms with E-state index in [1.54, 1.807) is 18.2 Å². The van der Waals surface area contributed by atoms with Gasteiger partial charge in [-0.2, -0.15) is 0 Å². The lowest BCUT2D eigenvalue weighted by molar-refractivity contribution is 0.0977. The first-order valence-corrected chi connectivity index (χ1v) is 9.33. The van der Waals surface area contributed by atoms with Gasteiger partial charge in [0.25, 0.3) is 5.91 Å². The Labute approximate surface area is 161 Å². The van der Waals surface area contributed by atoms with E-state index in [0.29, 0.717) is 11.3 Å². The maximum absolute atomic E-state index is 12.5. The normalized spacial score (nSPS) is 11.5. The second-order valence-corrected chi connectivity index (χ2v) is 6.64. The smallest absolute Gasteiger partial charge is 0.257 e. The maximum Gasteiger partial charge on any atom is 0.257 e. The number of ether oxygens (including phenoxy) is 1. The third kappa shape index (κ3) is 5.30. The van der Waals surface area contributed by atoms with Crippen molar-refractivity contribution in [2.45, 2.75) is 46.6 Å². The molecule has 2 aromatic rings. The van der Waals surface area contributed by atoms with Gasteiger partial charge >= 0.3 is 0 Å². The quantitative estimate of drug-likeness (QED) is 0.713. The lowest BCUT2D eigenvalue weighted by atomic mass is 10.1. The Bertz CT molecular complexity index is 789. The average molecular weight is 371 g/mol. The summed E-state index contributed by atoms with van der Waals surface area (Å²) in [5.41, 5.74) is 3.71. The van der Waals surface area contributed by atoms with Gasteiger partial charge in [0.15, 0.2) is 5.11 Å². The van der Waals surface area contributed by atoms with Gasteiger partial charge in [-0.1, -0.05) is 38.1 Å². The van der Waals surface area contributed by atoms with Gasteiger partial charge < -0.3 is 10.1 Å². The Morgan fingerprint density at radius 2 is 1.92 bits per heavy atom. The van der Waals surface area contributed by atoms with E-state index < -0.39 is 0 Å². The van der Waals surface area contributed by atoms with Crippen molar-refractivity contribution < 1.29 is 9.53 Å². The molecule has 0 aliphatic rings. The van der Waals surface area contributed by atoms with E-state index in [1.807, 2.05) is 32.0 Å². The number of carbonyl (C=O) groups excluding carboxylic acids is 1. The Morgan fingerprint density at radius 3 is 2.62 bits per heavy atom. The Kier molecular flexibility index (Phi) is 7.16. The molecule has 1 atom stereocenters. The van der Waals surface area contributed by atoms with E-state index >= 15 is 0 Å². The van der Waals surface area contributed by atoms with Crippen LogP contribution >= 0.6 is 12.2 Å². The summed E-state index contributed by atoms with van der Waals surface area (Å²) in [7, 11) is 0. The molecule has 1 unspecified atom stereocenters. The van der Waals surface area contributed by atoms with Crippen molar-refractivity contribution in [2.24, 2.45) is 0 Å². The molecule has 0 aliphatic heterocycles. The summed E-state index contributed by atoms with van der Waals surface area (Å²) in [5, 5.41) is 6.18. The van der Waals surface area contributed by atoms with Crippen molar-refractivity contribution >= 4 is 28.9 Å². The highest BCUT2D eigenvalue weighted by atomic mass is 32.1. The molecule has 2 rings (SSSR count). The minimum absolute atomic E-state index is 0.101. The Balaban J connectivity index is 2.06. The number of aryl methyl sites for hydroxylation is 2. The van der Waals surface area contributed by atoms with Crippen LogP contribution in [0.5, 0.6) is 5.75 Å². The van der Waals surface area contributed by atoms with E-state index in [4.69, 9.17) is 17.0 Å². The van der Waals surface area contributed by atoms with Crippen LogP contribution in [0.4, 0.5) is 5.69 Å². The zero-order valence-corrected chi connectivity index (χ0v) is 16.6. The first-order chi connectivity index (χ1) is 12.4. The van der Waals surface area contributed by atoms with Crippen molar-refractivity contribution in [3.63, 3.8) is 0 Å². The van der Waals surface area contributed by atoms with Crippen molar-refractivity contribution in [1.29, 1.82) is 0 Å². The van der Waals surface area contributed by atoms with Crippen LogP contribution in [0.2, 0.25) is 0 Å². The van der Waals surface area contributed by atoms with Crippen LogP contribution in [0.3, 0.4) is 0 Å². The number of benzene rings is 2. The minimum atomic E-state index is -0.260. The Hall–Kier alpha value is -2.40. The molecule has 0 radical (unpaired) electrons. The van der Waals surface area contributed by atoms with Crippen LogP contribution in [0.1, 0.15) is 48.7 Å². The topological polar surface area (TPSA) is 50.4 Å². The van der Waals surface area contributed by atoms with E-state index in [1.165, 1.54) is 0 Å². The summed E-state index contributed by atoms with van der Waals surface area (Å²) < 4.78 is 5.77. The second-order valence-electron chi connectivity index (χ2n) is 6.24. The predicted molar refractivity (Wildman–Crippen MR) is 111 cm³/mol. The highest BCUT2D eigenvalue weighted by Crippen LogP contribution is 2.21. The van der Waals surface area contributed by atoms with Crippen LogP contribution in [0, 0.1) is 6.92 Å². The fourth-order valence-electron chi connectivity index (χ4n) is 2.55. The van der Waals surface area contributed by atoms with E-state index in [0.717, 1.165) is 29.7 Å². The van der Waals surface area contributed by atoms with Gasteiger partial charge in [-0.3, -0.25) is 10.1 Å². The van der Waals surface area contributed by atoms with E-state index in [-0.39, 0.29) is 17.1 Å². The summed E-state index contributed by atoms with van der Waals surface area (Å²) >= 11 is 5.33. The largest absolute Gasteiger partial charge is 0.491 e. The molecule has 0 aliphatic carbocycles. The van der Waals surface area contributed by atoms with Crippen LogP contribution in [-0.4, -0.2) is 17.1 Å². The van der Waals surface area contributed by atoms with Crippen LogP contribution in [-0.2, 0) is 6.42 Å². The van der Waals surface area contributed by atoms with Crippen molar-refractivity contribution in [3.8, 4) is 5.75 Å². The number of carbonyl (C=O) groups is 1. The van der Waals surface area contributed by atoms with Crippen LogP contribution in [0.15, 0.2) is 42.5 Å². The number of rotatable bonds is 6. The molecule has 0 saturated heterocycles. The molecule has 0 spiro atoms. The van der Waals surface area contributed by atoms with Gasteiger partial charge in [-0.15, -0.1) is 0 Å². The monoisotopic (exact) mass is 370 g/mol. The highest BCUT2D eigenvalue weighted by molar-refractivity contribution is 7.80. The number of thiocarbonyl (C=S) groups is 1. The summed E-state index contributed by atoms with van der Waals surface area (Å²) in [6.45, 7) is 8.16. The highest BCUT2D eigenvalue weighted by Gasteiger charge is 2.12. The number of para-hydroxylation sites is 1. The molecule has 5 heteroatoms. The zero-order valence-electron chi connectivity index (χ0n) is 15.8. The first-order valence-electron chi connectivity index (χ1n) is 8.92.